The number of epoxide rings is 1. The van der Waals surface area contributed by atoms with Crippen molar-refractivity contribution in [3.63, 3.8) is 0 Å². The van der Waals surface area contributed by atoms with Crippen LogP contribution < -0.4 is 4.74 Å². The molecule has 1 fully saturated rings. The van der Waals surface area contributed by atoms with Gasteiger partial charge >= 0.3 is 5.97 Å². The van der Waals surface area contributed by atoms with Crippen LogP contribution in [0.4, 0.5) is 0 Å². The summed E-state index contributed by atoms with van der Waals surface area (Å²) in [7, 11) is 0. The van der Waals surface area contributed by atoms with Crippen molar-refractivity contribution in [2.75, 3.05) is 6.61 Å². The first-order valence-electron chi connectivity index (χ1n) is 5.52. The molecule has 3 nitrogen and oxygen atoms in total. The number of esters is 1. The number of hydrogen-bond donors (Lipinski definition) is 0. The average Bonchev–Trinajstić information content (AvgIpc) is 2.99. The number of carbonyl (C=O) groups is 1. The molecule has 1 aliphatic rings. The van der Waals surface area contributed by atoms with Crippen LogP contribution in [0.5, 0.6) is 5.75 Å². The number of carbonyl (C=O) groups excluding carboxylic acids is 1. The normalized spacial score (nSPS) is 18.6. The number of ether oxygens (including phenoxy) is 2. The summed E-state index contributed by atoms with van der Waals surface area (Å²) in [5, 5.41) is 0. The SMILES string of the molecule is Cc1ccc(C(C)C)c(OC(=O)C2CO2)c1. The van der Waals surface area contributed by atoms with Crippen molar-refractivity contribution in [1.82, 2.24) is 0 Å². The van der Waals surface area contributed by atoms with Crippen molar-refractivity contribution in [3.05, 3.63) is 29.3 Å². The standard InChI is InChI=1S/C13H16O3/c1-8(2)10-5-4-9(3)6-11(10)16-13(14)12-7-15-12/h4-6,8,12H,7H2,1-3H3. The summed E-state index contributed by atoms with van der Waals surface area (Å²) in [4.78, 5) is 11.5. The predicted octanol–water partition coefficient (Wildman–Crippen LogP) is 2.42. The minimum absolute atomic E-state index is 0.285. The lowest BCUT2D eigenvalue weighted by atomic mass is 10.0. The highest BCUT2D eigenvalue weighted by molar-refractivity contribution is 5.79. The lowest BCUT2D eigenvalue weighted by Crippen LogP contribution is -2.16. The van der Waals surface area contributed by atoms with Crippen molar-refractivity contribution in [2.45, 2.75) is 32.8 Å². The Hall–Kier alpha value is -1.35. The van der Waals surface area contributed by atoms with Gasteiger partial charge in [0, 0.05) is 0 Å². The van der Waals surface area contributed by atoms with E-state index in [9.17, 15) is 4.79 Å². The van der Waals surface area contributed by atoms with Crippen LogP contribution in [0, 0.1) is 6.92 Å². The molecule has 1 heterocycles. The highest BCUT2D eigenvalue weighted by atomic mass is 16.6. The lowest BCUT2D eigenvalue weighted by molar-refractivity contribution is -0.135. The van der Waals surface area contributed by atoms with E-state index in [-0.39, 0.29) is 12.1 Å². The van der Waals surface area contributed by atoms with E-state index in [4.69, 9.17) is 9.47 Å². The quantitative estimate of drug-likeness (QED) is 0.446. The molecule has 1 aromatic rings. The fourth-order valence-electron chi connectivity index (χ4n) is 1.57. The van der Waals surface area contributed by atoms with Gasteiger partial charge in [-0.3, -0.25) is 0 Å². The van der Waals surface area contributed by atoms with Crippen molar-refractivity contribution < 1.29 is 14.3 Å². The number of benzene rings is 1. The van der Waals surface area contributed by atoms with Gasteiger partial charge in [0.05, 0.1) is 6.61 Å². The van der Waals surface area contributed by atoms with E-state index in [1.807, 2.05) is 25.1 Å². The Kier molecular flexibility index (Phi) is 2.97. The third-order valence-corrected chi connectivity index (χ3v) is 2.60. The Labute approximate surface area is 95.4 Å². The fourth-order valence-corrected chi connectivity index (χ4v) is 1.57. The minimum atomic E-state index is -0.347. The zero-order chi connectivity index (χ0) is 11.7. The van der Waals surface area contributed by atoms with Gasteiger partial charge in [0.2, 0.25) is 0 Å². The van der Waals surface area contributed by atoms with Gasteiger partial charge in [0.25, 0.3) is 0 Å². The van der Waals surface area contributed by atoms with Gasteiger partial charge < -0.3 is 9.47 Å². The fraction of sp³-hybridized carbons (Fsp3) is 0.462. The Morgan fingerprint density at radius 2 is 2.19 bits per heavy atom. The van der Waals surface area contributed by atoms with Crippen LogP contribution in [0.25, 0.3) is 0 Å². The number of aryl methyl sites for hydroxylation is 1. The summed E-state index contributed by atoms with van der Waals surface area (Å²) < 4.78 is 10.2. The molecule has 0 aromatic heterocycles. The van der Waals surface area contributed by atoms with Gasteiger partial charge in [-0.05, 0) is 30.0 Å². The van der Waals surface area contributed by atoms with E-state index in [1.165, 1.54) is 0 Å². The highest BCUT2D eigenvalue weighted by Gasteiger charge is 2.33. The van der Waals surface area contributed by atoms with Gasteiger partial charge in [0.15, 0.2) is 6.10 Å². The van der Waals surface area contributed by atoms with Gasteiger partial charge in [-0.1, -0.05) is 26.0 Å². The van der Waals surface area contributed by atoms with Gasteiger partial charge in [-0.25, -0.2) is 4.79 Å². The zero-order valence-electron chi connectivity index (χ0n) is 9.82. The van der Waals surface area contributed by atoms with Crippen LogP contribution in [-0.2, 0) is 9.53 Å². The Balaban J connectivity index is 2.22. The summed E-state index contributed by atoms with van der Waals surface area (Å²) in [6, 6.07) is 5.94. The predicted molar refractivity (Wildman–Crippen MR) is 60.6 cm³/mol. The molecule has 2 rings (SSSR count). The molecule has 0 bridgehead atoms. The Bertz CT molecular complexity index is 406. The second-order valence-corrected chi connectivity index (χ2v) is 4.44. The second kappa shape index (κ2) is 4.26. The van der Waals surface area contributed by atoms with Crippen LogP contribution in [0.15, 0.2) is 18.2 Å². The van der Waals surface area contributed by atoms with Crippen LogP contribution in [0.1, 0.15) is 30.9 Å². The minimum Gasteiger partial charge on any atom is -0.424 e. The molecular weight excluding hydrogens is 204 g/mol. The van der Waals surface area contributed by atoms with Gasteiger partial charge in [0.1, 0.15) is 5.75 Å². The largest absolute Gasteiger partial charge is 0.424 e. The smallest absolute Gasteiger partial charge is 0.343 e. The summed E-state index contributed by atoms with van der Waals surface area (Å²) in [6.45, 7) is 6.63. The molecule has 1 aromatic carbocycles. The molecular formula is C13H16O3. The van der Waals surface area contributed by atoms with E-state index in [0.717, 1.165) is 11.1 Å². The summed E-state index contributed by atoms with van der Waals surface area (Å²) >= 11 is 0. The van der Waals surface area contributed by atoms with Crippen molar-refractivity contribution in [2.24, 2.45) is 0 Å². The van der Waals surface area contributed by atoms with Crippen molar-refractivity contribution in [3.8, 4) is 5.75 Å². The molecule has 0 saturated carbocycles. The summed E-state index contributed by atoms with van der Waals surface area (Å²) in [5.74, 6) is 0.714. The summed E-state index contributed by atoms with van der Waals surface area (Å²) in [5.41, 5.74) is 2.14. The van der Waals surface area contributed by atoms with Gasteiger partial charge in [-0.15, -0.1) is 0 Å². The molecule has 1 atom stereocenters. The van der Waals surface area contributed by atoms with Crippen LogP contribution >= 0.6 is 0 Å². The maximum atomic E-state index is 11.5. The first-order valence-corrected chi connectivity index (χ1v) is 5.52. The molecule has 1 saturated heterocycles. The molecule has 0 spiro atoms. The zero-order valence-corrected chi connectivity index (χ0v) is 9.82. The third-order valence-electron chi connectivity index (χ3n) is 2.60. The maximum Gasteiger partial charge on any atom is 0.343 e. The van der Waals surface area contributed by atoms with E-state index in [2.05, 4.69) is 13.8 Å². The first-order chi connectivity index (χ1) is 7.58. The lowest BCUT2D eigenvalue weighted by Gasteiger charge is -2.12. The molecule has 16 heavy (non-hydrogen) atoms. The molecule has 86 valence electrons. The molecule has 0 N–H and O–H groups in total. The van der Waals surface area contributed by atoms with Crippen molar-refractivity contribution in [1.29, 1.82) is 0 Å². The Morgan fingerprint density at radius 3 is 2.75 bits per heavy atom. The third kappa shape index (κ3) is 2.42. The van der Waals surface area contributed by atoms with E-state index < -0.39 is 0 Å². The molecule has 0 radical (unpaired) electrons. The first kappa shape index (κ1) is 11.1. The molecule has 3 heteroatoms. The number of hydrogen-bond acceptors (Lipinski definition) is 3. The highest BCUT2D eigenvalue weighted by Crippen LogP contribution is 2.28. The van der Waals surface area contributed by atoms with Crippen LogP contribution in [0.2, 0.25) is 0 Å². The average molecular weight is 220 g/mol. The van der Waals surface area contributed by atoms with E-state index in [0.29, 0.717) is 18.3 Å². The van der Waals surface area contributed by atoms with E-state index >= 15 is 0 Å². The van der Waals surface area contributed by atoms with E-state index in [1.54, 1.807) is 0 Å². The van der Waals surface area contributed by atoms with Gasteiger partial charge in [-0.2, -0.15) is 0 Å². The maximum absolute atomic E-state index is 11.5. The van der Waals surface area contributed by atoms with Crippen LogP contribution in [0.3, 0.4) is 0 Å². The van der Waals surface area contributed by atoms with Crippen LogP contribution in [-0.4, -0.2) is 18.7 Å². The Morgan fingerprint density at radius 1 is 1.50 bits per heavy atom. The second-order valence-electron chi connectivity index (χ2n) is 4.44. The number of rotatable bonds is 3. The topological polar surface area (TPSA) is 38.8 Å². The summed E-state index contributed by atoms with van der Waals surface area (Å²) in [6.07, 6.45) is -0.347. The molecule has 1 aliphatic heterocycles. The molecule has 0 amide bonds. The molecule has 1 unspecified atom stereocenters. The van der Waals surface area contributed by atoms with Crippen molar-refractivity contribution >= 4 is 5.97 Å². The molecule has 0 aliphatic carbocycles. The monoisotopic (exact) mass is 220 g/mol.